The molecule has 4 rings (SSSR count). The molecule has 0 aromatic carbocycles. The van der Waals surface area contributed by atoms with Crippen molar-refractivity contribution in [2.75, 3.05) is 13.1 Å². The van der Waals surface area contributed by atoms with Gasteiger partial charge in [-0.25, -0.2) is 9.38 Å². The van der Waals surface area contributed by atoms with Crippen molar-refractivity contribution in [3.63, 3.8) is 0 Å². The van der Waals surface area contributed by atoms with Gasteiger partial charge in [0, 0.05) is 25.5 Å². The van der Waals surface area contributed by atoms with Gasteiger partial charge in [-0.3, -0.25) is 9.78 Å². The first kappa shape index (κ1) is 17.3. The van der Waals surface area contributed by atoms with Gasteiger partial charge in [0.1, 0.15) is 21.1 Å². The average Bonchev–Trinajstić information content (AvgIpc) is 3.31. The zero-order chi connectivity index (χ0) is 18.1. The molecule has 0 radical (unpaired) electrons. The summed E-state index contributed by atoms with van der Waals surface area (Å²) < 4.78 is 20.8. The molecule has 1 atom stereocenters. The van der Waals surface area contributed by atoms with E-state index in [0.717, 1.165) is 33.9 Å². The van der Waals surface area contributed by atoms with E-state index in [1.807, 2.05) is 13.1 Å². The fourth-order valence-corrected chi connectivity index (χ4v) is 4.94. The number of nitrogens with one attached hydrogen (secondary N) is 1. The van der Waals surface area contributed by atoms with Gasteiger partial charge in [0.2, 0.25) is 5.90 Å². The SMILES string of the molecule is Cc1c[nH]c(C2=IOC([C@H]3CCCN(C(=O)c4ccncc4F)C3)=N2)c1. The minimum Gasteiger partial charge on any atom is -0.418 e. The zero-order valence-corrected chi connectivity index (χ0v) is 16.4. The molecule has 2 aliphatic rings. The van der Waals surface area contributed by atoms with Crippen LogP contribution in [0.15, 0.2) is 35.7 Å². The smallest absolute Gasteiger partial charge is 0.256 e. The molecule has 0 bridgehead atoms. The van der Waals surface area contributed by atoms with Crippen LogP contribution in [-0.2, 0) is 3.07 Å². The summed E-state index contributed by atoms with van der Waals surface area (Å²) in [6.45, 7) is 3.15. The number of aliphatic imine (C=N–C) groups is 1. The summed E-state index contributed by atoms with van der Waals surface area (Å²) in [7, 11) is 0. The number of nitrogens with zero attached hydrogens (tertiary/aromatic N) is 3. The van der Waals surface area contributed by atoms with Crippen LogP contribution in [0.4, 0.5) is 4.39 Å². The number of aromatic amines is 1. The molecule has 0 saturated carbocycles. The lowest BCUT2D eigenvalue weighted by Crippen LogP contribution is -2.42. The second kappa shape index (κ2) is 7.26. The molecule has 8 heteroatoms. The molecule has 0 spiro atoms. The van der Waals surface area contributed by atoms with Gasteiger partial charge in [-0.1, -0.05) is 0 Å². The molecule has 136 valence electrons. The third-order valence-corrected chi connectivity index (χ3v) is 6.42. The lowest BCUT2D eigenvalue weighted by Gasteiger charge is -2.32. The summed E-state index contributed by atoms with van der Waals surface area (Å²) in [5.41, 5.74) is 2.23. The summed E-state index contributed by atoms with van der Waals surface area (Å²) in [5, 5.41) is 0. The van der Waals surface area contributed by atoms with E-state index in [4.69, 9.17) is 3.07 Å². The lowest BCUT2D eigenvalue weighted by molar-refractivity contribution is 0.0694. The number of hydrogen-bond donors (Lipinski definition) is 1. The molecule has 1 N–H and O–H groups in total. The van der Waals surface area contributed by atoms with Gasteiger partial charge in [-0.2, -0.15) is 0 Å². The van der Waals surface area contributed by atoms with Crippen LogP contribution in [0.5, 0.6) is 0 Å². The van der Waals surface area contributed by atoms with Gasteiger partial charge in [-0.05, 0) is 37.5 Å². The highest BCUT2D eigenvalue weighted by molar-refractivity contribution is 14.2. The van der Waals surface area contributed by atoms with Crippen LogP contribution in [0.25, 0.3) is 0 Å². The van der Waals surface area contributed by atoms with Crippen molar-refractivity contribution in [2.45, 2.75) is 19.8 Å². The number of piperidine rings is 1. The minimum absolute atomic E-state index is 0.0610. The normalized spacial score (nSPS) is 20.1. The molecule has 1 amide bonds. The van der Waals surface area contributed by atoms with Crippen molar-refractivity contribution in [3.05, 3.63) is 53.4 Å². The topological polar surface area (TPSA) is 70.6 Å². The summed E-state index contributed by atoms with van der Waals surface area (Å²) >= 11 is -0.626. The minimum atomic E-state index is -0.626. The number of aryl methyl sites for hydroxylation is 1. The first-order valence-electron chi connectivity index (χ1n) is 8.43. The highest BCUT2D eigenvalue weighted by Gasteiger charge is 2.31. The maximum Gasteiger partial charge on any atom is 0.256 e. The summed E-state index contributed by atoms with van der Waals surface area (Å²) in [4.78, 5) is 25.9. The van der Waals surface area contributed by atoms with Gasteiger partial charge in [0.15, 0.2) is 9.45 Å². The van der Waals surface area contributed by atoms with E-state index in [0.29, 0.717) is 19.0 Å². The van der Waals surface area contributed by atoms with Crippen LogP contribution >= 0.6 is 21.1 Å². The van der Waals surface area contributed by atoms with E-state index in [1.54, 1.807) is 4.90 Å². The van der Waals surface area contributed by atoms with Crippen molar-refractivity contribution in [2.24, 2.45) is 10.9 Å². The Morgan fingerprint density at radius 2 is 2.38 bits per heavy atom. The van der Waals surface area contributed by atoms with Gasteiger partial charge < -0.3 is 13.0 Å². The predicted octanol–water partition coefficient (Wildman–Crippen LogP) is 3.20. The Bertz CT molecular complexity index is 908. The fraction of sp³-hybridized carbons (Fsp3) is 0.333. The maximum absolute atomic E-state index is 13.9. The Labute approximate surface area is 160 Å². The second-order valence-electron chi connectivity index (χ2n) is 6.43. The molecule has 0 unspecified atom stereocenters. The van der Waals surface area contributed by atoms with Gasteiger partial charge in [0.25, 0.3) is 5.91 Å². The van der Waals surface area contributed by atoms with E-state index in [1.165, 1.54) is 12.3 Å². The van der Waals surface area contributed by atoms with E-state index in [2.05, 4.69) is 21.0 Å². The highest BCUT2D eigenvalue weighted by atomic mass is 127. The molecule has 2 aromatic heterocycles. The summed E-state index contributed by atoms with van der Waals surface area (Å²) in [6.07, 6.45) is 6.22. The summed E-state index contributed by atoms with van der Waals surface area (Å²) in [6, 6.07) is 3.49. The third kappa shape index (κ3) is 3.42. The van der Waals surface area contributed by atoms with E-state index in [9.17, 15) is 9.18 Å². The number of carbonyl (C=O) groups is 1. The number of aromatic nitrogens is 2. The molecule has 1 saturated heterocycles. The molecule has 6 nitrogen and oxygen atoms in total. The number of halogens is 2. The molecule has 2 aliphatic heterocycles. The van der Waals surface area contributed by atoms with Gasteiger partial charge in [0.05, 0.1) is 23.4 Å². The Hall–Kier alpha value is -2.10. The van der Waals surface area contributed by atoms with Crippen LogP contribution in [0, 0.1) is 18.7 Å². The second-order valence-corrected chi connectivity index (χ2v) is 8.33. The number of pyridine rings is 1. The molecule has 1 fully saturated rings. The number of likely N-dealkylation sites (tertiary alicyclic amines) is 1. The van der Waals surface area contributed by atoms with E-state index >= 15 is 0 Å². The van der Waals surface area contributed by atoms with Crippen molar-refractivity contribution in [1.82, 2.24) is 14.9 Å². The van der Waals surface area contributed by atoms with Crippen LogP contribution in [-0.4, -0.2) is 43.4 Å². The maximum atomic E-state index is 13.9. The number of hydrogen-bond acceptors (Lipinski definition) is 4. The first-order chi connectivity index (χ1) is 12.6. The van der Waals surface area contributed by atoms with E-state index < -0.39 is 27.0 Å². The number of amides is 1. The van der Waals surface area contributed by atoms with Crippen LogP contribution < -0.4 is 0 Å². The Kier molecular flexibility index (Phi) is 4.84. The van der Waals surface area contributed by atoms with Crippen molar-refractivity contribution < 1.29 is 12.3 Å². The molecular weight excluding hydrogens is 450 g/mol. The monoisotopic (exact) mass is 468 g/mol. The number of H-pyrrole nitrogens is 1. The highest BCUT2D eigenvalue weighted by Crippen LogP contribution is 2.28. The van der Waals surface area contributed by atoms with Crippen molar-refractivity contribution in [1.29, 1.82) is 0 Å². The van der Waals surface area contributed by atoms with Crippen LogP contribution in [0.3, 0.4) is 0 Å². The Balaban J connectivity index is 1.48. The molecular formula is C18H18FIN4O2. The molecule has 0 aliphatic carbocycles. The first-order valence-corrected chi connectivity index (χ1v) is 10.4. The fourth-order valence-electron chi connectivity index (χ4n) is 3.17. The zero-order valence-electron chi connectivity index (χ0n) is 14.2. The summed E-state index contributed by atoms with van der Waals surface area (Å²) in [5.74, 6) is -0.108. The molecule has 26 heavy (non-hydrogen) atoms. The lowest BCUT2D eigenvalue weighted by atomic mass is 9.97. The van der Waals surface area contributed by atoms with Gasteiger partial charge in [-0.15, -0.1) is 0 Å². The Morgan fingerprint density at radius 1 is 1.50 bits per heavy atom. The largest absolute Gasteiger partial charge is 0.418 e. The number of carbonyl (C=O) groups excluding carboxylic acids is 1. The van der Waals surface area contributed by atoms with Crippen molar-refractivity contribution in [3.8, 4) is 0 Å². The average molecular weight is 468 g/mol. The molecule has 2 aromatic rings. The van der Waals surface area contributed by atoms with Gasteiger partial charge >= 0.3 is 0 Å². The quantitative estimate of drug-likeness (QED) is 0.704. The van der Waals surface area contributed by atoms with E-state index in [-0.39, 0.29) is 17.4 Å². The Morgan fingerprint density at radius 3 is 3.15 bits per heavy atom. The van der Waals surface area contributed by atoms with Crippen molar-refractivity contribution >= 4 is 36.6 Å². The third-order valence-electron chi connectivity index (χ3n) is 4.51. The number of rotatable bonds is 3. The van der Waals surface area contributed by atoms with Crippen LogP contribution in [0.2, 0.25) is 0 Å². The standard InChI is InChI=1S/C18H18FIN4O2/c1-11-7-15(22-8-11)16-20-26-17(23-16)12-3-2-6-24(10-12)18(25)13-4-5-21-9-14(13)19/h4-5,7-9,12,22H,2-3,6,10H2,1H3/t12-/m0/s1. The van der Waals surface area contributed by atoms with Crippen LogP contribution in [0.1, 0.15) is 34.5 Å². The molecule has 4 heterocycles. The predicted molar refractivity (Wildman–Crippen MR) is 105 cm³/mol.